The van der Waals surface area contributed by atoms with Crippen molar-refractivity contribution in [2.75, 3.05) is 11.1 Å². The molecule has 150 valence electrons. The standard InChI is InChI=1S/C20H19ClN4O2S2/c1-13-6-8-15(9-7-13)23-19(27)20-25-24-18(29-20)12-28-11-17(26)22-10-14-4-2-3-5-16(14)21/h2-9H,10-12H2,1H3,(H,22,26)(H,23,27). The van der Waals surface area contributed by atoms with Crippen LogP contribution in [0.4, 0.5) is 5.69 Å². The van der Waals surface area contributed by atoms with Crippen LogP contribution in [0.25, 0.3) is 0 Å². The largest absolute Gasteiger partial charge is 0.351 e. The molecule has 2 amide bonds. The van der Waals surface area contributed by atoms with E-state index < -0.39 is 0 Å². The molecule has 0 fully saturated rings. The topological polar surface area (TPSA) is 84.0 Å². The van der Waals surface area contributed by atoms with Crippen LogP contribution in [0.1, 0.15) is 25.9 Å². The summed E-state index contributed by atoms with van der Waals surface area (Å²) in [5, 5.41) is 15.2. The second-order valence-corrected chi connectivity index (χ2v) is 8.64. The van der Waals surface area contributed by atoms with E-state index in [0.717, 1.165) is 11.1 Å². The van der Waals surface area contributed by atoms with Gasteiger partial charge < -0.3 is 10.6 Å². The molecule has 2 N–H and O–H groups in total. The van der Waals surface area contributed by atoms with Crippen molar-refractivity contribution in [1.82, 2.24) is 15.5 Å². The Morgan fingerprint density at radius 3 is 2.62 bits per heavy atom. The van der Waals surface area contributed by atoms with Gasteiger partial charge in [-0.1, -0.05) is 58.8 Å². The minimum Gasteiger partial charge on any atom is -0.351 e. The molecule has 3 rings (SSSR count). The van der Waals surface area contributed by atoms with Crippen molar-refractivity contribution in [3.63, 3.8) is 0 Å². The van der Waals surface area contributed by atoms with Crippen LogP contribution in [0, 0.1) is 6.92 Å². The number of halogens is 1. The van der Waals surface area contributed by atoms with Crippen molar-refractivity contribution in [1.29, 1.82) is 0 Å². The minimum atomic E-state index is -0.292. The number of nitrogens with one attached hydrogen (secondary N) is 2. The minimum absolute atomic E-state index is 0.0863. The predicted octanol–water partition coefficient (Wildman–Crippen LogP) is 4.30. The Balaban J connectivity index is 1.41. The fraction of sp³-hybridized carbons (Fsp3) is 0.200. The van der Waals surface area contributed by atoms with Crippen molar-refractivity contribution >= 4 is 52.2 Å². The number of anilines is 1. The van der Waals surface area contributed by atoms with Crippen LogP contribution in [0.3, 0.4) is 0 Å². The summed E-state index contributed by atoms with van der Waals surface area (Å²) in [7, 11) is 0. The number of amides is 2. The van der Waals surface area contributed by atoms with E-state index in [1.807, 2.05) is 49.4 Å². The van der Waals surface area contributed by atoms with Gasteiger partial charge in [0, 0.05) is 23.0 Å². The Morgan fingerprint density at radius 1 is 1.10 bits per heavy atom. The summed E-state index contributed by atoms with van der Waals surface area (Å²) >= 11 is 8.71. The molecule has 0 saturated carbocycles. The van der Waals surface area contributed by atoms with E-state index >= 15 is 0 Å². The van der Waals surface area contributed by atoms with Crippen LogP contribution in [0.5, 0.6) is 0 Å². The molecule has 0 saturated heterocycles. The molecule has 0 aliphatic heterocycles. The van der Waals surface area contributed by atoms with Crippen molar-refractivity contribution in [3.8, 4) is 0 Å². The number of aromatic nitrogens is 2. The van der Waals surface area contributed by atoms with Crippen molar-refractivity contribution in [3.05, 3.63) is 74.7 Å². The number of benzene rings is 2. The average Bonchev–Trinajstić information content (AvgIpc) is 3.18. The molecular weight excluding hydrogens is 428 g/mol. The lowest BCUT2D eigenvalue weighted by Crippen LogP contribution is -2.24. The lowest BCUT2D eigenvalue weighted by Gasteiger charge is -2.06. The van der Waals surface area contributed by atoms with Crippen molar-refractivity contribution < 1.29 is 9.59 Å². The number of nitrogens with zero attached hydrogens (tertiary/aromatic N) is 2. The van der Waals surface area contributed by atoms with Crippen LogP contribution in [-0.4, -0.2) is 27.8 Å². The van der Waals surface area contributed by atoms with Gasteiger partial charge in [0.25, 0.3) is 5.91 Å². The summed E-state index contributed by atoms with van der Waals surface area (Å²) in [6.45, 7) is 2.37. The highest BCUT2D eigenvalue weighted by Crippen LogP contribution is 2.19. The molecule has 0 aliphatic rings. The molecule has 0 unspecified atom stereocenters. The van der Waals surface area contributed by atoms with Gasteiger partial charge in [0.05, 0.1) is 5.75 Å². The third-order valence-electron chi connectivity index (χ3n) is 3.86. The summed E-state index contributed by atoms with van der Waals surface area (Å²) in [6, 6.07) is 14.9. The first kappa shape index (κ1) is 21.3. The zero-order valence-corrected chi connectivity index (χ0v) is 18.0. The highest BCUT2D eigenvalue weighted by atomic mass is 35.5. The normalized spacial score (nSPS) is 10.6. The van der Waals surface area contributed by atoms with Gasteiger partial charge >= 0.3 is 0 Å². The Kier molecular flexibility index (Phi) is 7.62. The van der Waals surface area contributed by atoms with Gasteiger partial charge in [0.1, 0.15) is 5.01 Å². The van der Waals surface area contributed by atoms with Crippen LogP contribution in [0.2, 0.25) is 5.02 Å². The second-order valence-electron chi connectivity index (χ2n) is 6.18. The van der Waals surface area contributed by atoms with Gasteiger partial charge in [-0.05, 0) is 30.7 Å². The zero-order valence-electron chi connectivity index (χ0n) is 15.6. The predicted molar refractivity (Wildman–Crippen MR) is 119 cm³/mol. The molecule has 9 heteroatoms. The molecule has 3 aromatic rings. The molecule has 0 bridgehead atoms. The monoisotopic (exact) mass is 446 g/mol. The SMILES string of the molecule is Cc1ccc(NC(=O)c2nnc(CSCC(=O)NCc3ccccc3Cl)s2)cc1. The van der Waals surface area contributed by atoms with E-state index in [9.17, 15) is 9.59 Å². The summed E-state index contributed by atoms with van der Waals surface area (Å²) in [5.74, 6) is 0.418. The first-order valence-electron chi connectivity index (χ1n) is 8.79. The Bertz CT molecular complexity index is 992. The van der Waals surface area contributed by atoms with Gasteiger partial charge in [-0.15, -0.1) is 22.0 Å². The maximum absolute atomic E-state index is 12.3. The van der Waals surface area contributed by atoms with Gasteiger partial charge in [0.2, 0.25) is 10.9 Å². The molecule has 0 spiro atoms. The molecule has 29 heavy (non-hydrogen) atoms. The molecular formula is C20H19ClN4O2S2. The van der Waals surface area contributed by atoms with E-state index in [4.69, 9.17) is 11.6 Å². The summed E-state index contributed by atoms with van der Waals surface area (Å²) in [6.07, 6.45) is 0. The number of thioether (sulfide) groups is 1. The maximum atomic E-state index is 12.3. The molecule has 1 heterocycles. The van der Waals surface area contributed by atoms with E-state index in [1.54, 1.807) is 6.07 Å². The third-order valence-corrected chi connectivity index (χ3v) is 6.28. The quantitative estimate of drug-likeness (QED) is 0.538. The number of carbonyl (C=O) groups is 2. The van der Waals surface area contributed by atoms with Gasteiger partial charge in [-0.25, -0.2) is 0 Å². The number of hydrogen-bond acceptors (Lipinski definition) is 6. The Labute approximate surface area is 182 Å². The van der Waals surface area contributed by atoms with Gasteiger partial charge in [-0.3, -0.25) is 9.59 Å². The van der Waals surface area contributed by atoms with Crippen LogP contribution < -0.4 is 10.6 Å². The highest BCUT2D eigenvalue weighted by Gasteiger charge is 2.13. The first-order valence-corrected chi connectivity index (χ1v) is 11.1. The summed E-state index contributed by atoms with van der Waals surface area (Å²) in [5.41, 5.74) is 2.71. The third kappa shape index (κ3) is 6.56. The van der Waals surface area contributed by atoms with Crippen LogP contribution in [0.15, 0.2) is 48.5 Å². The van der Waals surface area contributed by atoms with Crippen LogP contribution in [-0.2, 0) is 17.1 Å². The zero-order chi connectivity index (χ0) is 20.6. The number of carbonyl (C=O) groups excluding carboxylic acids is 2. The highest BCUT2D eigenvalue weighted by molar-refractivity contribution is 7.99. The number of rotatable bonds is 8. The van der Waals surface area contributed by atoms with Crippen LogP contribution >= 0.6 is 34.7 Å². The first-order chi connectivity index (χ1) is 14.0. The number of hydrogen-bond donors (Lipinski definition) is 2. The maximum Gasteiger partial charge on any atom is 0.286 e. The molecule has 0 atom stereocenters. The van der Waals surface area contributed by atoms with Gasteiger partial charge in [0.15, 0.2) is 0 Å². The second kappa shape index (κ2) is 10.4. The summed E-state index contributed by atoms with van der Waals surface area (Å²) in [4.78, 5) is 24.2. The molecule has 0 radical (unpaired) electrons. The van der Waals surface area contributed by atoms with E-state index in [-0.39, 0.29) is 17.6 Å². The molecule has 0 aliphatic carbocycles. The lowest BCUT2D eigenvalue weighted by molar-refractivity contribution is -0.118. The molecule has 1 aromatic heterocycles. The Hall–Kier alpha value is -2.42. The fourth-order valence-electron chi connectivity index (χ4n) is 2.34. The van der Waals surface area contributed by atoms with E-state index in [1.165, 1.54) is 23.1 Å². The molecule has 6 nitrogen and oxygen atoms in total. The Morgan fingerprint density at radius 2 is 1.86 bits per heavy atom. The van der Waals surface area contributed by atoms with Crippen molar-refractivity contribution in [2.24, 2.45) is 0 Å². The summed E-state index contributed by atoms with van der Waals surface area (Å²) < 4.78 is 0. The van der Waals surface area contributed by atoms with E-state index in [2.05, 4.69) is 20.8 Å². The smallest absolute Gasteiger partial charge is 0.286 e. The fourth-order valence-corrected chi connectivity index (χ4v) is 4.18. The van der Waals surface area contributed by atoms with E-state index in [0.29, 0.717) is 33.0 Å². The lowest BCUT2D eigenvalue weighted by atomic mass is 10.2. The van der Waals surface area contributed by atoms with Gasteiger partial charge in [-0.2, -0.15) is 0 Å². The average molecular weight is 447 g/mol. The molecule has 2 aromatic carbocycles. The number of aryl methyl sites for hydroxylation is 1. The van der Waals surface area contributed by atoms with Crippen molar-refractivity contribution in [2.45, 2.75) is 19.2 Å².